The largest absolute Gasteiger partial charge is 0.444 e. The van der Waals surface area contributed by atoms with E-state index in [1.54, 1.807) is 12.0 Å². The quantitative estimate of drug-likeness (QED) is 0.770. The van der Waals surface area contributed by atoms with Gasteiger partial charge in [-0.25, -0.2) is 4.79 Å². The van der Waals surface area contributed by atoms with Gasteiger partial charge in [-0.2, -0.15) is 0 Å². The van der Waals surface area contributed by atoms with Gasteiger partial charge in [0.2, 0.25) is 0 Å². The minimum Gasteiger partial charge on any atom is -0.444 e. The molecule has 0 radical (unpaired) electrons. The Morgan fingerprint density at radius 3 is 2.50 bits per heavy atom. The predicted octanol–water partition coefficient (Wildman–Crippen LogP) is 1.57. The standard InChI is InChI=1S/C13H26N2O3/c1-11-10-15(12(16)18-13(2,3)4)7-6-14(11)8-9-17-5/h11H,6-10H2,1-5H3. The third-order valence-electron chi connectivity index (χ3n) is 3.00. The van der Waals surface area contributed by atoms with Crippen molar-refractivity contribution in [2.24, 2.45) is 0 Å². The van der Waals surface area contributed by atoms with E-state index in [1.807, 2.05) is 20.8 Å². The average molecular weight is 258 g/mol. The highest BCUT2D eigenvalue weighted by Crippen LogP contribution is 2.14. The molecule has 1 fully saturated rings. The molecule has 5 nitrogen and oxygen atoms in total. The summed E-state index contributed by atoms with van der Waals surface area (Å²) in [5.41, 5.74) is -0.423. The SMILES string of the molecule is COCCN1CCN(C(=O)OC(C)(C)C)CC1C. The number of rotatable bonds is 3. The molecule has 0 aromatic rings. The number of piperazine rings is 1. The van der Waals surface area contributed by atoms with Crippen molar-refractivity contribution in [2.45, 2.75) is 39.3 Å². The smallest absolute Gasteiger partial charge is 0.410 e. The lowest BCUT2D eigenvalue weighted by atomic mass is 10.2. The van der Waals surface area contributed by atoms with Crippen molar-refractivity contribution in [1.82, 2.24) is 9.80 Å². The first-order chi connectivity index (χ1) is 8.33. The zero-order valence-electron chi connectivity index (χ0n) is 12.2. The van der Waals surface area contributed by atoms with Crippen molar-refractivity contribution < 1.29 is 14.3 Å². The van der Waals surface area contributed by atoms with Crippen LogP contribution in [0.2, 0.25) is 0 Å². The molecule has 1 atom stereocenters. The first-order valence-electron chi connectivity index (χ1n) is 6.54. The van der Waals surface area contributed by atoms with Crippen molar-refractivity contribution in [1.29, 1.82) is 0 Å². The van der Waals surface area contributed by atoms with Crippen molar-refractivity contribution in [3.63, 3.8) is 0 Å². The number of carbonyl (C=O) groups is 1. The van der Waals surface area contributed by atoms with Gasteiger partial charge in [0.25, 0.3) is 0 Å². The maximum Gasteiger partial charge on any atom is 0.410 e. The number of carbonyl (C=O) groups excluding carboxylic acids is 1. The Kier molecular flexibility index (Phi) is 5.41. The van der Waals surface area contributed by atoms with Gasteiger partial charge in [0, 0.05) is 39.3 Å². The molecule has 0 bridgehead atoms. The first kappa shape index (κ1) is 15.2. The number of hydrogen-bond acceptors (Lipinski definition) is 4. The van der Waals surface area contributed by atoms with Gasteiger partial charge < -0.3 is 14.4 Å². The molecule has 1 saturated heterocycles. The topological polar surface area (TPSA) is 42.0 Å². The normalized spacial score (nSPS) is 22.1. The van der Waals surface area contributed by atoms with E-state index in [0.717, 1.165) is 32.8 Å². The molecule has 5 heteroatoms. The number of ether oxygens (including phenoxy) is 2. The summed E-state index contributed by atoms with van der Waals surface area (Å²) in [6.07, 6.45) is -0.208. The lowest BCUT2D eigenvalue weighted by Crippen LogP contribution is -2.55. The Bertz CT molecular complexity index is 276. The van der Waals surface area contributed by atoms with Crippen LogP contribution in [0.5, 0.6) is 0 Å². The van der Waals surface area contributed by atoms with Crippen LogP contribution in [0.15, 0.2) is 0 Å². The van der Waals surface area contributed by atoms with E-state index in [0.29, 0.717) is 6.04 Å². The van der Waals surface area contributed by atoms with Crippen LogP contribution in [0.25, 0.3) is 0 Å². The highest BCUT2D eigenvalue weighted by atomic mass is 16.6. The maximum atomic E-state index is 11.9. The van der Waals surface area contributed by atoms with Crippen LogP contribution in [-0.2, 0) is 9.47 Å². The van der Waals surface area contributed by atoms with E-state index in [2.05, 4.69) is 11.8 Å². The Morgan fingerprint density at radius 1 is 1.33 bits per heavy atom. The fourth-order valence-corrected chi connectivity index (χ4v) is 2.03. The van der Waals surface area contributed by atoms with E-state index in [9.17, 15) is 4.79 Å². The van der Waals surface area contributed by atoms with E-state index in [1.165, 1.54) is 0 Å². The summed E-state index contributed by atoms with van der Waals surface area (Å²) in [7, 11) is 1.71. The van der Waals surface area contributed by atoms with Crippen molar-refractivity contribution >= 4 is 6.09 Å². The molecule has 1 rings (SSSR count). The van der Waals surface area contributed by atoms with Gasteiger partial charge in [-0.3, -0.25) is 4.90 Å². The molecular weight excluding hydrogens is 232 g/mol. The maximum absolute atomic E-state index is 11.9. The molecule has 1 unspecified atom stereocenters. The molecule has 0 aliphatic carbocycles. The molecule has 0 N–H and O–H groups in total. The van der Waals surface area contributed by atoms with Crippen LogP contribution in [0.3, 0.4) is 0 Å². The van der Waals surface area contributed by atoms with Crippen LogP contribution in [0, 0.1) is 0 Å². The molecule has 0 saturated carbocycles. The fraction of sp³-hybridized carbons (Fsp3) is 0.923. The predicted molar refractivity (Wildman–Crippen MR) is 70.7 cm³/mol. The van der Waals surface area contributed by atoms with Crippen LogP contribution in [0.1, 0.15) is 27.7 Å². The number of hydrogen-bond donors (Lipinski definition) is 0. The summed E-state index contributed by atoms with van der Waals surface area (Å²) in [6.45, 7) is 11.8. The second-order valence-corrected chi connectivity index (χ2v) is 5.80. The minimum atomic E-state index is -0.423. The van der Waals surface area contributed by atoms with Crippen molar-refractivity contribution in [2.75, 3.05) is 39.9 Å². The highest BCUT2D eigenvalue weighted by molar-refractivity contribution is 5.68. The highest BCUT2D eigenvalue weighted by Gasteiger charge is 2.29. The molecule has 0 aromatic heterocycles. The molecular formula is C13H26N2O3. The van der Waals surface area contributed by atoms with Gasteiger partial charge in [0.1, 0.15) is 5.60 Å². The molecule has 1 amide bonds. The number of amides is 1. The Morgan fingerprint density at radius 2 is 2.00 bits per heavy atom. The van der Waals surface area contributed by atoms with Crippen molar-refractivity contribution in [3.8, 4) is 0 Å². The first-order valence-corrected chi connectivity index (χ1v) is 6.54. The van der Waals surface area contributed by atoms with E-state index >= 15 is 0 Å². The molecule has 18 heavy (non-hydrogen) atoms. The third-order valence-corrected chi connectivity index (χ3v) is 3.00. The second kappa shape index (κ2) is 6.38. The summed E-state index contributed by atoms with van der Waals surface area (Å²) in [5, 5.41) is 0. The zero-order valence-corrected chi connectivity index (χ0v) is 12.2. The van der Waals surface area contributed by atoms with Gasteiger partial charge in [-0.1, -0.05) is 0 Å². The van der Waals surface area contributed by atoms with Gasteiger partial charge in [0.15, 0.2) is 0 Å². The molecule has 0 aromatic carbocycles. The molecule has 1 aliphatic heterocycles. The number of methoxy groups -OCH3 is 1. The van der Waals surface area contributed by atoms with Crippen LogP contribution >= 0.6 is 0 Å². The van der Waals surface area contributed by atoms with Crippen LogP contribution in [0.4, 0.5) is 4.79 Å². The second-order valence-electron chi connectivity index (χ2n) is 5.80. The van der Waals surface area contributed by atoms with Gasteiger partial charge >= 0.3 is 6.09 Å². The van der Waals surface area contributed by atoms with Gasteiger partial charge in [0.05, 0.1) is 6.61 Å². The summed E-state index contributed by atoms with van der Waals surface area (Å²) in [6, 6.07) is 0.349. The summed E-state index contributed by atoms with van der Waals surface area (Å²) in [5.74, 6) is 0. The molecule has 1 aliphatic rings. The Labute approximate surface area is 110 Å². The molecule has 106 valence electrons. The summed E-state index contributed by atoms with van der Waals surface area (Å²) >= 11 is 0. The summed E-state index contributed by atoms with van der Waals surface area (Å²) < 4.78 is 10.5. The third kappa shape index (κ3) is 4.82. The van der Waals surface area contributed by atoms with Gasteiger partial charge in [-0.05, 0) is 27.7 Å². The van der Waals surface area contributed by atoms with Crippen molar-refractivity contribution in [3.05, 3.63) is 0 Å². The monoisotopic (exact) mass is 258 g/mol. The fourth-order valence-electron chi connectivity index (χ4n) is 2.03. The van der Waals surface area contributed by atoms with Crippen LogP contribution in [-0.4, -0.2) is 67.4 Å². The lowest BCUT2D eigenvalue weighted by Gasteiger charge is -2.40. The lowest BCUT2D eigenvalue weighted by molar-refractivity contribution is 0.00258. The van der Waals surface area contributed by atoms with Gasteiger partial charge in [-0.15, -0.1) is 0 Å². The average Bonchev–Trinajstić information content (AvgIpc) is 2.25. The molecule has 1 heterocycles. The van der Waals surface area contributed by atoms with Crippen LogP contribution < -0.4 is 0 Å². The van der Waals surface area contributed by atoms with E-state index in [4.69, 9.17) is 9.47 Å². The minimum absolute atomic E-state index is 0.208. The Hall–Kier alpha value is -0.810. The summed E-state index contributed by atoms with van der Waals surface area (Å²) in [4.78, 5) is 16.1. The zero-order chi connectivity index (χ0) is 13.8. The van der Waals surface area contributed by atoms with E-state index < -0.39 is 5.60 Å². The number of nitrogens with zero attached hydrogens (tertiary/aromatic N) is 2. The Balaban J connectivity index is 2.43. The molecule has 0 spiro atoms. The van der Waals surface area contributed by atoms with E-state index in [-0.39, 0.29) is 6.09 Å².